The molecule has 0 saturated heterocycles. The first kappa shape index (κ1) is 19.6. The fourth-order valence-electron chi connectivity index (χ4n) is 2.69. The number of methoxy groups -OCH3 is 1. The summed E-state index contributed by atoms with van der Waals surface area (Å²) in [7, 11) is 1.52. The highest BCUT2D eigenvalue weighted by molar-refractivity contribution is 6.31. The van der Waals surface area contributed by atoms with Crippen LogP contribution in [0.5, 0.6) is 5.75 Å². The van der Waals surface area contributed by atoms with Gasteiger partial charge in [0.2, 0.25) is 0 Å². The number of nitrogens with zero attached hydrogens (tertiary/aromatic N) is 2. The number of hydrogen-bond acceptors (Lipinski definition) is 5. The smallest absolute Gasteiger partial charge is 0.276 e. The number of benzene rings is 2. The number of halogens is 1. The molecule has 2 aromatic carbocycles. The molecule has 144 valence electrons. The standard InChI is InChI=1S/C21H21ClN4O2/c1-13-11-18(19(28-3)12-16(13)22)24-21(27)17-9-10-20(26-25-17)23-14(2)15-7-5-4-6-8-15/h4-12,14H,1-3H3,(H,23,26)(H,24,27). The molecule has 1 unspecified atom stereocenters. The van der Waals surface area contributed by atoms with Gasteiger partial charge in [-0.25, -0.2) is 0 Å². The topological polar surface area (TPSA) is 76.1 Å². The average Bonchev–Trinajstić information content (AvgIpc) is 2.71. The van der Waals surface area contributed by atoms with Crippen LogP contribution in [0.1, 0.15) is 34.6 Å². The molecule has 0 saturated carbocycles. The SMILES string of the molecule is COc1cc(Cl)c(C)cc1NC(=O)c1ccc(NC(C)c2ccccc2)nn1. The Morgan fingerprint density at radius 1 is 1.11 bits per heavy atom. The Labute approximate surface area is 168 Å². The van der Waals surface area contributed by atoms with E-state index in [4.69, 9.17) is 16.3 Å². The summed E-state index contributed by atoms with van der Waals surface area (Å²) >= 11 is 6.10. The molecule has 3 aromatic rings. The number of aromatic nitrogens is 2. The lowest BCUT2D eigenvalue weighted by Gasteiger charge is -2.14. The van der Waals surface area contributed by atoms with Gasteiger partial charge in [-0.3, -0.25) is 4.79 Å². The average molecular weight is 397 g/mol. The van der Waals surface area contributed by atoms with Crippen LogP contribution >= 0.6 is 11.6 Å². The van der Waals surface area contributed by atoms with Gasteiger partial charge >= 0.3 is 0 Å². The Balaban J connectivity index is 1.70. The number of aryl methyl sites for hydroxylation is 1. The number of rotatable bonds is 6. The molecule has 0 bridgehead atoms. The van der Waals surface area contributed by atoms with Crippen molar-refractivity contribution < 1.29 is 9.53 Å². The number of ether oxygens (including phenoxy) is 1. The van der Waals surface area contributed by atoms with Crippen LogP contribution in [0.4, 0.5) is 11.5 Å². The Morgan fingerprint density at radius 3 is 2.50 bits per heavy atom. The van der Waals surface area contributed by atoms with Crippen LogP contribution < -0.4 is 15.4 Å². The quantitative estimate of drug-likeness (QED) is 0.621. The van der Waals surface area contributed by atoms with E-state index in [2.05, 4.69) is 20.8 Å². The van der Waals surface area contributed by atoms with Gasteiger partial charge in [-0.05, 0) is 43.2 Å². The number of carbonyl (C=O) groups excluding carboxylic acids is 1. The first-order valence-electron chi connectivity index (χ1n) is 8.78. The lowest BCUT2D eigenvalue weighted by molar-refractivity contribution is 0.102. The van der Waals surface area contributed by atoms with Gasteiger partial charge in [0.15, 0.2) is 5.69 Å². The maximum absolute atomic E-state index is 12.5. The van der Waals surface area contributed by atoms with Gasteiger partial charge in [-0.1, -0.05) is 41.9 Å². The summed E-state index contributed by atoms with van der Waals surface area (Å²) < 4.78 is 5.28. The molecule has 0 radical (unpaired) electrons. The van der Waals surface area contributed by atoms with Crippen molar-refractivity contribution in [2.45, 2.75) is 19.9 Å². The molecule has 0 fully saturated rings. The number of nitrogens with one attached hydrogen (secondary N) is 2. The Bertz CT molecular complexity index is 962. The predicted molar refractivity (Wildman–Crippen MR) is 111 cm³/mol. The van der Waals surface area contributed by atoms with Gasteiger partial charge in [0.25, 0.3) is 5.91 Å². The molecule has 0 aliphatic carbocycles. The van der Waals surface area contributed by atoms with Crippen molar-refractivity contribution in [2.24, 2.45) is 0 Å². The van der Waals surface area contributed by atoms with Gasteiger partial charge < -0.3 is 15.4 Å². The van der Waals surface area contributed by atoms with Gasteiger partial charge in [0, 0.05) is 17.1 Å². The Morgan fingerprint density at radius 2 is 1.86 bits per heavy atom. The van der Waals surface area contributed by atoms with Crippen molar-refractivity contribution in [1.29, 1.82) is 0 Å². The van der Waals surface area contributed by atoms with Crippen LogP contribution in [-0.4, -0.2) is 23.2 Å². The minimum absolute atomic E-state index is 0.0662. The molecule has 7 heteroatoms. The zero-order valence-electron chi connectivity index (χ0n) is 15.9. The Kier molecular flexibility index (Phi) is 6.11. The molecule has 2 N–H and O–H groups in total. The fraction of sp³-hybridized carbons (Fsp3) is 0.190. The largest absolute Gasteiger partial charge is 0.495 e. The van der Waals surface area contributed by atoms with Crippen molar-refractivity contribution in [1.82, 2.24) is 10.2 Å². The van der Waals surface area contributed by atoms with Crippen LogP contribution in [-0.2, 0) is 0 Å². The van der Waals surface area contributed by atoms with Crippen LogP contribution in [0.15, 0.2) is 54.6 Å². The molecule has 3 rings (SSSR count). The van der Waals surface area contributed by atoms with Crippen LogP contribution in [0, 0.1) is 6.92 Å². The highest BCUT2D eigenvalue weighted by atomic mass is 35.5. The minimum Gasteiger partial charge on any atom is -0.495 e. The summed E-state index contributed by atoms with van der Waals surface area (Å²) in [5.41, 5.74) is 2.69. The summed E-state index contributed by atoms with van der Waals surface area (Å²) in [6, 6.07) is 16.8. The zero-order valence-corrected chi connectivity index (χ0v) is 16.6. The van der Waals surface area contributed by atoms with Crippen molar-refractivity contribution in [2.75, 3.05) is 17.7 Å². The predicted octanol–water partition coefficient (Wildman–Crippen LogP) is 4.87. The van der Waals surface area contributed by atoms with Crippen LogP contribution in [0.25, 0.3) is 0 Å². The highest BCUT2D eigenvalue weighted by Crippen LogP contribution is 2.31. The molecular formula is C21H21ClN4O2. The summed E-state index contributed by atoms with van der Waals surface area (Å²) in [6.07, 6.45) is 0. The molecule has 1 aromatic heterocycles. The minimum atomic E-state index is -0.379. The number of carbonyl (C=O) groups is 1. The van der Waals surface area contributed by atoms with Crippen molar-refractivity contribution >= 4 is 29.0 Å². The van der Waals surface area contributed by atoms with Gasteiger partial charge in [0.1, 0.15) is 11.6 Å². The monoisotopic (exact) mass is 396 g/mol. The van der Waals surface area contributed by atoms with Crippen molar-refractivity contribution in [3.8, 4) is 5.75 Å². The summed E-state index contributed by atoms with van der Waals surface area (Å²) in [4.78, 5) is 12.5. The molecule has 0 aliphatic rings. The van der Waals surface area contributed by atoms with E-state index in [-0.39, 0.29) is 17.6 Å². The second-order valence-corrected chi connectivity index (χ2v) is 6.74. The maximum Gasteiger partial charge on any atom is 0.276 e. The van der Waals surface area contributed by atoms with E-state index in [9.17, 15) is 4.79 Å². The number of amides is 1. The second-order valence-electron chi connectivity index (χ2n) is 6.34. The summed E-state index contributed by atoms with van der Waals surface area (Å²) in [5, 5.41) is 14.8. The molecule has 1 atom stereocenters. The molecular weight excluding hydrogens is 376 g/mol. The molecule has 1 heterocycles. The molecule has 28 heavy (non-hydrogen) atoms. The zero-order chi connectivity index (χ0) is 20.1. The Hall–Kier alpha value is -3.12. The number of hydrogen-bond donors (Lipinski definition) is 2. The summed E-state index contributed by atoms with van der Waals surface area (Å²) in [5.74, 6) is 0.690. The third kappa shape index (κ3) is 4.58. The lowest BCUT2D eigenvalue weighted by Crippen LogP contribution is -2.16. The molecule has 0 spiro atoms. The van der Waals surface area contributed by atoms with Gasteiger partial charge in [0.05, 0.1) is 12.8 Å². The highest BCUT2D eigenvalue weighted by Gasteiger charge is 2.14. The van der Waals surface area contributed by atoms with E-state index in [1.807, 2.05) is 44.2 Å². The number of anilines is 2. The van der Waals surface area contributed by atoms with E-state index in [0.29, 0.717) is 22.3 Å². The molecule has 1 amide bonds. The van der Waals surface area contributed by atoms with Crippen molar-refractivity contribution in [3.63, 3.8) is 0 Å². The van der Waals surface area contributed by atoms with E-state index in [0.717, 1.165) is 11.1 Å². The fourth-order valence-corrected chi connectivity index (χ4v) is 2.85. The van der Waals surface area contributed by atoms with Crippen molar-refractivity contribution in [3.05, 3.63) is 76.4 Å². The second kappa shape index (κ2) is 8.71. The normalized spacial score (nSPS) is 11.6. The lowest BCUT2D eigenvalue weighted by atomic mass is 10.1. The van der Waals surface area contributed by atoms with Gasteiger partial charge in [-0.15, -0.1) is 10.2 Å². The maximum atomic E-state index is 12.5. The van der Waals surface area contributed by atoms with Crippen LogP contribution in [0.2, 0.25) is 5.02 Å². The third-order valence-corrected chi connectivity index (χ3v) is 4.70. The molecule has 6 nitrogen and oxygen atoms in total. The van der Waals surface area contributed by atoms with Gasteiger partial charge in [-0.2, -0.15) is 0 Å². The first-order valence-corrected chi connectivity index (χ1v) is 9.16. The van der Waals surface area contributed by atoms with Crippen LogP contribution in [0.3, 0.4) is 0 Å². The van der Waals surface area contributed by atoms with E-state index in [1.54, 1.807) is 24.3 Å². The van der Waals surface area contributed by atoms with E-state index >= 15 is 0 Å². The summed E-state index contributed by atoms with van der Waals surface area (Å²) in [6.45, 7) is 3.89. The van der Waals surface area contributed by atoms with E-state index < -0.39 is 0 Å². The van der Waals surface area contributed by atoms with E-state index in [1.165, 1.54) is 7.11 Å². The first-order chi connectivity index (χ1) is 13.5. The third-order valence-electron chi connectivity index (χ3n) is 4.29. The molecule has 0 aliphatic heterocycles.